The van der Waals surface area contributed by atoms with Crippen LogP contribution in [0.3, 0.4) is 0 Å². The molecule has 3 aromatic rings. The lowest BCUT2D eigenvalue weighted by molar-refractivity contribution is -0.160. The fourth-order valence-corrected chi connectivity index (χ4v) is 5.30. The Morgan fingerprint density at radius 3 is 2.38 bits per heavy atom. The van der Waals surface area contributed by atoms with Gasteiger partial charge in [0, 0.05) is 25.0 Å². The quantitative estimate of drug-likeness (QED) is 0.0962. The number of sulfone groups is 1. The Bertz CT molecular complexity index is 1580. The number of hydrogen-bond acceptors (Lipinski definition) is 10. The van der Waals surface area contributed by atoms with E-state index in [4.69, 9.17) is 30.5 Å². The van der Waals surface area contributed by atoms with Crippen LogP contribution in [0, 0.1) is 11.3 Å². The van der Waals surface area contributed by atoms with Crippen molar-refractivity contribution < 1.29 is 32.2 Å². The first-order chi connectivity index (χ1) is 21.3. The van der Waals surface area contributed by atoms with E-state index in [0.29, 0.717) is 41.0 Å². The van der Waals surface area contributed by atoms with Gasteiger partial charge in [0.2, 0.25) is 15.0 Å². The number of esters is 1. The number of hydrogen-bond donors (Lipinski definition) is 0. The lowest BCUT2D eigenvalue weighted by Crippen LogP contribution is -2.26. The fourth-order valence-electron chi connectivity index (χ4n) is 4.48. The van der Waals surface area contributed by atoms with Crippen LogP contribution in [0.1, 0.15) is 81.7 Å². The van der Waals surface area contributed by atoms with Crippen molar-refractivity contribution >= 4 is 27.4 Å². The van der Waals surface area contributed by atoms with E-state index in [2.05, 4.69) is 23.0 Å². The molecule has 0 aliphatic carbocycles. The third-order valence-electron chi connectivity index (χ3n) is 6.51. The number of ether oxygens (including phenoxy) is 4. The summed E-state index contributed by atoms with van der Waals surface area (Å²) in [7, 11) is -3.51. The summed E-state index contributed by atoms with van der Waals surface area (Å²) >= 11 is 6.61. The summed E-state index contributed by atoms with van der Waals surface area (Å²) in [5, 5.41) is 9.99. The molecule has 0 spiro atoms. The molecule has 1 unspecified atom stereocenters. The lowest BCUT2D eigenvalue weighted by Gasteiger charge is -2.19. The van der Waals surface area contributed by atoms with Gasteiger partial charge in [-0.15, -0.1) is 0 Å². The van der Waals surface area contributed by atoms with Gasteiger partial charge in [-0.25, -0.2) is 23.2 Å². The summed E-state index contributed by atoms with van der Waals surface area (Å²) in [4.78, 5) is 19.5. The van der Waals surface area contributed by atoms with E-state index in [0.717, 1.165) is 43.1 Å². The zero-order valence-corrected chi connectivity index (χ0v) is 27.9. The highest BCUT2D eigenvalue weighted by Crippen LogP contribution is 2.37. The third kappa shape index (κ3) is 11.6. The first kappa shape index (κ1) is 35.8. The smallest absolute Gasteiger partial charge is 0.332 e. The predicted octanol–water partition coefficient (Wildman–Crippen LogP) is 6.43. The molecular weight excluding hydrogens is 618 g/mol. The summed E-state index contributed by atoms with van der Waals surface area (Å²) < 4.78 is 45.8. The maximum Gasteiger partial charge on any atom is 0.332 e. The first-order valence-electron chi connectivity index (χ1n) is 14.7. The van der Waals surface area contributed by atoms with E-state index in [1.165, 1.54) is 6.20 Å². The van der Waals surface area contributed by atoms with Gasteiger partial charge in [-0.2, -0.15) is 5.26 Å². The molecule has 0 aliphatic rings. The highest BCUT2D eigenvalue weighted by atomic mass is 35.5. The van der Waals surface area contributed by atoms with Crippen molar-refractivity contribution in [3.63, 3.8) is 0 Å². The Labute approximate surface area is 270 Å². The number of nitrogens with zero attached hydrogens (tertiary/aromatic N) is 3. The van der Waals surface area contributed by atoms with E-state index < -0.39 is 15.4 Å². The molecule has 1 atom stereocenters. The van der Waals surface area contributed by atoms with Gasteiger partial charge in [0.1, 0.15) is 30.6 Å². The number of halogens is 1. The average molecular weight is 658 g/mol. The van der Waals surface area contributed by atoms with Gasteiger partial charge in [0.05, 0.1) is 22.9 Å². The van der Waals surface area contributed by atoms with Crippen molar-refractivity contribution in [2.75, 3.05) is 26.1 Å². The first-order valence-corrected chi connectivity index (χ1v) is 17.0. The molecule has 1 heterocycles. The molecule has 10 nitrogen and oxygen atoms in total. The largest absolute Gasteiger partial charge is 0.491 e. The molecule has 0 saturated heterocycles. The van der Waals surface area contributed by atoms with Crippen molar-refractivity contribution in [1.29, 1.82) is 5.26 Å². The highest BCUT2D eigenvalue weighted by molar-refractivity contribution is 7.90. The second kappa shape index (κ2) is 16.5. The molecule has 3 rings (SSSR count). The molecule has 0 aliphatic heterocycles. The van der Waals surface area contributed by atoms with Crippen LogP contribution < -0.4 is 9.47 Å². The molecule has 2 aromatic carbocycles. The lowest BCUT2D eigenvalue weighted by atomic mass is 9.88. The van der Waals surface area contributed by atoms with Gasteiger partial charge in [0.25, 0.3) is 0 Å². The molecule has 242 valence electrons. The number of aromatic nitrogens is 2. The van der Waals surface area contributed by atoms with Crippen molar-refractivity contribution in [3.05, 3.63) is 76.1 Å². The van der Waals surface area contributed by atoms with Gasteiger partial charge >= 0.3 is 5.97 Å². The molecule has 0 bridgehead atoms. The van der Waals surface area contributed by atoms with Crippen molar-refractivity contribution in [3.8, 4) is 17.6 Å². The summed E-state index contributed by atoms with van der Waals surface area (Å²) in [6.45, 7) is 8.35. The van der Waals surface area contributed by atoms with E-state index >= 15 is 0 Å². The van der Waals surface area contributed by atoms with E-state index in [1.54, 1.807) is 6.07 Å². The molecule has 0 N–H and O–H groups in total. The number of rotatable bonds is 16. The zero-order chi connectivity index (χ0) is 33.0. The molecule has 45 heavy (non-hydrogen) atoms. The fraction of sp³-hybridized carbons (Fsp3) is 0.455. The average Bonchev–Trinajstić information content (AvgIpc) is 2.98. The maximum absolute atomic E-state index is 11.7. The standard InChI is InChI=1S/C33H40ClN3O7S/c1-6-28(23-10-12-27(13-11-23)43-21-26-14-15-36-32(37-26)45(5,39)40)24-18-25(20-35)31(29(34)19-24)42-17-9-7-8-16-41-22-30(38)44-33(2,3)4/h10-15,18-19,28H,6-9,16-17,21-22H2,1-5H3. The van der Waals surface area contributed by atoms with Crippen LogP contribution in [-0.4, -0.2) is 56.0 Å². The van der Waals surface area contributed by atoms with Crippen LogP contribution in [-0.2, 0) is 30.7 Å². The third-order valence-corrected chi connectivity index (χ3v) is 7.65. The van der Waals surface area contributed by atoms with E-state index in [1.807, 2.05) is 57.2 Å². The van der Waals surface area contributed by atoms with Crippen LogP contribution in [0.15, 0.2) is 53.8 Å². The van der Waals surface area contributed by atoms with Crippen LogP contribution in [0.4, 0.5) is 0 Å². The Morgan fingerprint density at radius 1 is 1.02 bits per heavy atom. The summed E-state index contributed by atoms with van der Waals surface area (Å²) in [6, 6.07) is 15.1. The van der Waals surface area contributed by atoms with Crippen LogP contribution >= 0.6 is 11.6 Å². The topological polar surface area (TPSA) is 138 Å². The van der Waals surface area contributed by atoms with Gasteiger partial charge in [0.15, 0.2) is 5.75 Å². The molecule has 0 saturated carbocycles. The minimum absolute atomic E-state index is 0.0161. The second-order valence-corrected chi connectivity index (χ2v) is 13.8. The predicted molar refractivity (Wildman–Crippen MR) is 170 cm³/mol. The van der Waals surface area contributed by atoms with Crippen LogP contribution in [0.2, 0.25) is 5.02 Å². The Kier molecular flexibility index (Phi) is 13.2. The Morgan fingerprint density at radius 2 is 1.73 bits per heavy atom. The summed E-state index contributed by atoms with van der Waals surface area (Å²) in [5.41, 5.74) is 2.21. The summed E-state index contributed by atoms with van der Waals surface area (Å²) in [5.74, 6) is 0.568. The van der Waals surface area contributed by atoms with Crippen LogP contribution in [0.5, 0.6) is 11.5 Å². The van der Waals surface area contributed by atoms with E-state index in [9.17, 15) is 18.5 Å². The number of carbonyl (C=O) groups excluding carboxylic acids is 1. The van der Waals surface area contributed by atoms with Gasteiger partial charge < -0.3 is 18.9 Å². The monoisotopic (exact) mass is 657 g/mol. The van der Waals surface area contributed by atoms with Crippen molar-refractivity contribution in [2.24, 2.45) is 0 Å². The number of benzene rings is 2. The minimum atomic E-state index is -3.51. The molecular formula is C33H40ClN3O7S. The number of unbranched alkanes of at least 4 members (excludes halogenated alkanes) is 2. The summed E-state index contributed by atoms with van der Waals surface area (Å²) in [6.07, 6.45) is 5.54. The molecule has 12 heteroatoms. The SMILES string of the molecule is CCC(c1ccc(OCc2ccnc(S(C)(=O)=O)n2)cc1)c1cc(Cl)c(OCCCCCOCC(=O)OC(C)(C)C)c(C#N)c1. The zero-order valence-electron chi connectivity index (χ0n) is 26.3. The molecule has 0 radical (unpaired) electrons. The van der Waals surface area contributed by atoms with Gasteiger partial charge in [-0.05, 0) is 87.9 Å². The number of nitriles is 1. The van der Waals surface area contributed by atoms with Crippen molar-refractivity contribution in [1.82, 2.24) is 9.97 Å². The Hall–Kier alpha value is -3.72. The molecule has 0 amide bonds. The molecule has 0 fully saturated rings. The maximum atomic E-state index is 11.7. The van der Waals surface area contributed by atoms with Crippen molar-refractivity contribution in [2.45, 2.75) is 76.7 Å². The Balaban J connectivity index is 1.53. The molecule has 1 aromatic heterocycles. The highest BCUT2D eigenvalue weighted by Gasteiger charge is 2.19. The minimum Gasteiger partial charge on any atom is -0.491 e. The second-order valence-electron chi connectivity index (χ2n) is 11.5. The van der Waals surface area contributed by atoms with Gasteiger partial charge in [-0.3, -0.25) is 0 Å². The normalized spacial score (nSPS) is 12.3. The van der Waals surface area contributed by atoms with E-state index in [-0.39, 0.29) is 30.3 Å². The number of carbonyl (C=O) groups is 1. The van der Waals surface area contributed by atoms with Gasteiger partial charge in [-0.1, -0.05) is 30.7 Å². The van der Waals surface area contributed by atoms with Crippen LogP contribution in [0.25, 0.3) is 0 Å².